The Bertz CT molecular complexity index is 469. The molecule has 0 unspecified atom stereocenters. The van der Waals surface area contributed by atoms with Crippen molar-refractivity contribution in [3.8, 4) is 0 Å². The molecule has 0 amide bonds. The van der Waals surface area contributed by atoms with Crippen LogP contribution in [0.25, 0.3) is 0 Å². The molecule has 5 atom stereocenters. The summed E-state index contributed by atoms with van der Waals surface area (Å²) < 4.78 is 6.26. The van der Waals surface area contributed by atoms with Crippen LogP contribution in [0.5, 0.6) is 0 Å². The van der Waals surface area contributed by atoms with Gasteiger partial charge in [0.15, 0.2) is 5.78 Å². The summed E-state index contributed by atoms with van der Waals surface area (Å²) in [6.07, 6.45) is 8.13. The lowest BCUT2D eigenvalue weighted by atomic mass is 9.63. The number of aliphatic hydroxyl groups is 1. The molecule has 0 radical (unpaired) electrons. The first kappa shape index (κ1) is 15.2. The standard InChI is InChI=1S/C18H28O3/c1-12-5-4-8-18(3)16(20)15(19)13-11-17(2,9-6-12)10-7-14(13)21-18/h5,13-14,16,20H,4,6-11H2,1-3H3/b12-5+/t13-,14+,16+,17-,18-/m0/s1. The van der Waals surface area contributed by atoms with Crippen LogP contribution in [0.4, 0.5) is 0 Å². The molecule has 0 spiro atoms. The number of carbonyl (C=O) groups excluding carboxylic acids is 1. The molecule has 21 heavy (non-hydrogen) atoms. The van der Waals surface area contributed by atoms with Crippen LogP contribution >= 0.6 is 0 Å². The van der Waals surface area contributed by atoms with Gasteiger partial charge < -0.3 is 9.84 Å². The number of rotatable bonds is 0. The average molecular weight is 292 g/mol. The summed E-state index contributed by atoms with van der Waals surface area (Å²) in [4.78, 5) is 12.7. The maximum Gasteiger partial charge on any atom is 0.169 e. The van der Waals surface area contributed by atoms with Crippen molar-refractivity contribution >= 4 is 5.78 Å². The number of hydrogen-bond acceptors (Lipinski definition) is 3. The number of carbonyl (C=O) groups is 1. The Morgan fingerprint density at radius 2 is 2.05 bits per heavy atom. The second-order valence-corrected chi connectivity index (χ2v) is 8.02. The van der Waals surface area contributed by atoms with E-state index in [0.29, 0.717) is 0 Å². The zero-order valence-electron chi connectivity index (χ0n) is 13.5. The molecule has 1 N–H and O–H groups in total. The van der Waals surface area contributed by atoms with Gasteiger partial charge in [-0.3, -0.25) is 4.79 Å². The van der Waals surface area contributed by atoms with E-state index in [0.717, 1.165) is 44.9 Å². The molecule has 1 saturated carbocycles. The second kappa shape index (κ2) is 5.20. The van der Waals surface area contributed by atoms with Crippen molar-refractivity contribution in [1.82, 2.24) is 0 Å². The van der Waals surface area contributed by atoms with Gasteiger partial charge in [0.05, 0.1) is 11.7 Å². The van der Waals surface area contributed by atoms with Gasteiger partial charge in [-0.1, -0.05) is 18.6 Å². The summed E-state index contributed by atoms with van der Waals surface area (Å²) >= 11 is 0. The van der Waals surface area contributed by atoms with Crippen molar-refractivity contribution in [1.29, 1.82) is 0 Å². The SMILES string of the molecule is C/C1=C\CC[C@]2(C)O[C@@H]3CC[C@](C)(CC1)C[C@@H]3C(=O)[C@H]2O. The molecule has 5 rings (SSSR count). The summed E-state index contributed by atoms with van der Waals surface area (Å²) in [5.74, 6) is -0.0727. The summed E-state index contributed by atoms with van der Waals surface area (Å²) in [5.41, 5.74) is 0.934. The van der Waals surface area contributed by atoms with Crippen LogP contribution in [0.15, 0.2) is 11.6 Å². The third kappa shape index (κ3) is 2.70. The molecule has 5 aliphatic rings. The van der Waals surface area contributed by atoms with Crippen LogP contribution < -0.4 is 0 Å². The first-order chi connectivity index (χ1) is 9.83. The van der Waals surface area contributed by atoms with E-state index in [4.69, 9.17) is 4.74 Å². The Morgan fingerprint density at radius 3 is 2.81 bits per heavy atom. The Labute approximate surface area is 127 Å². The normalized spacial score (nSPS) is 50.2. The van der Waals surface area contributed by atoms with E-state index in [1.807, 2.05) is 6.92 Å². The van der Waals surface area contributed by atoms with Gasteiger partial charge in [0.25, 0.3) is 0 Å². The van der Waals surface area contributed by atoms with Crippen LogP contribution in [0, 0.1) is 11.3 Å². The average Bonchev–Trinajstić information content (AvgIpc) is 2.43. The molecule has 3 heterocycles. The van der Waals surface area contributed by atoms with Crippen LogP contribution in [0.3, 0.4) is 0 Å². The van der Waals surface area contributed by atoms with Gasteiger partial charge in [-0.2, -0.15) is 0 Å². The van der Waals surface area contributed by atoms with E-state index in [2.05, 4.69) is 19.9 Å². The van der Waals surface area contributed by atoms with Crippen molar-refractivity contribution in [2.24, 2.45) is 11.3 Å². The Balaban J connectivity index is 1.96. The molecular weight excluding hydrogens is 264 g/mol. The maximum absolute atomic E-state index is 12.7. The first-order valence-electron chi connectivity index (χ1n) is 8.38. The Morgan fingerprint density at radius 1 is 1.29 bits per heavy atom. The van der Waals surface area contributed by atoms with E-state index in [1.165, 1.54) is 5.57 Å². The molecule has 1 saturated heterocycles. The zero-order chi connectivity index (χ0) is 15.3. The zero-order valence-corrected chi connectivity index (χ0v) is 13.5. The summed E-state index contributed by atoms with van der Waals surface area (Å²) in [6, 6.07) is 0. The highest BCUT2D eigenvalue weighted by atomic mass is 16.5. The molecule has 2 fully saturated rings. The fourth-order valence-electron chi connectivity index (χ4n) is 4.42. The van der Waals surface area contributed by atoms with E-state index in [1.54, 1.807) is 0 Å². The second-order valence-electron chi connectivity index (χ2n) is 8.02. The van der Waals surface area contributed by atoms with Gasteiger partial charge >= 0.3 is 0 Å². The van der Waals surface area contributed by atoms with Gasteiger partial charge in [-0.05, 0) is 64.2 Å². The number of allylic oxidation sites excluding steroid dienone is 2. The molecule has 3 aliphatic heterocycles. The highest BCUT2D eigenvalue weighted by Gasteiger charge is 2.53. The van der Waals surface area contributed by atoms with E-state index in [-0.39, 0.29) is 23.2 Å². The predicted molar refractivity (Wildman–Crippen MR) is 82.0 cm³/mol. The number of Topliss-reactive ketones (excluding diaryl/α,β-unsaturated/α-hetero) is 1. The van der Waals surface area contributed by atoms with Gasteiger partial charge in [0, 0.05) is 5.92 Å². The number of ether oxygens (including phenoxy) is 1. The quantitative estimate of drug-likeness (QED) is 0.696. The highest BCUT2D eigenvalue weighted by molar-refractivity contribution is 5.88. The molecule has 3 nitrogen and oxygen atoms in total. The number of ketones is 1. The Kier molecular flexibility index (Phi) is 3.77. The number of fused-ring (bicyclic) bond motifs is 2. The number of hydrogen-bond donors (Lipinski definition) is 1. The van der Waals surface area contributed by atoms with Crippen molar-refractivity contribution in [3.63, 3.8) is 0 Å². The fraction of sp³-hybridized carbons (Fsp3) is 0.833. The van der Waals surface area contributed by atoms with Crippen molar-refractivity contribution in [2.45, 2.75) is 83.5 Å². The molecule has 4 bridgehead atoms. The predicted octanol–water partition coefficient (Wildman–Crippen LogP) is 3.40. The molecule has 3 heteroatoms. The fourth-order valence-corrected chi connectivity index (χ4v) is 4.42. The van der Waals surface area contributed by atoms with Gasteiger partial charge in [-0.15, -0.1) is 0 Å². The van der Waals surface area contributed by atoms with Crippen LogP contribution in [0.1, 0.15) is 65.7 Å². The summed E-state index contributed by atoms with van der Waals surface area (Å²) in [5, 5.41) is 10.5. The van der Waals surface area contributed by atoms with Gasteiger partial charge in [-0.25, -0.2) is 0 Å². The molecule has 0 aromatic carbocycles. The monoisotopic (exact) mass is 292 g/mol. The highest BCUT2D eigenvalue weighted by Crippen LogP contribution is 2.49. The minimum atomic E-state index is -0.964. The molecule has 0 aromatic rings. The molecular formula is C18H28O3. The third-order valence-electron chi connectivity index (χ3n) is 6.08. The lowest BCUT2D eigenvalue weighted by Crippen LogP contribution is -2.60. The van der Waals surface area contributed by atoms with Crippen molar-refractivity contribution in [2.75, 3.05) is 0 Å². The van der Waals surface area contributed by atoms with E-state index in [9.17, 15) is 9.90 Å². The van der Waals surface area contributed by atoms with Gasteiger partial charge in [0.2, 0.25) is 0 Å². The van der Waals surface area contributed by atoms with E-state index >= 15 is 0 Å². The smallest absolute Gasteiger partial charge is 0.169 e. The van der Waals surface area contributed by atoms with E-state index < -0.39 is 11.7 Å². The minimum absolute atomic E-state index is 0.0171. The molecule has 118 valence electrons. The maximum atomic E-state index is 12.7. The number of aliphatic hydroxyl groups excluding tert-OH is 1. The lowest BCUT2D eigenvalue weighted by Gasteiger charge is -2.51. The lowest BCUT2D eigenvalue weighted by molar-refractivity contribution is -0.214. The summed E-state index contributed by atoms with van der Waals surface area (Å²) in [6.45, 7) is 6.41. The minimum Gasteiger partial charge on any atom is -0.382 e. The Hall–Kier alpha value is -0.670. The van der Waals surface area contributed by atoms with Crippen molar-refractivity contribution in [3.05, 3.63) is 11.6 Å². The van der Waals surface area contributed by atoms with Crippen LogP contribution in [-0.2, 0) is 9.53 Å². The largest absolute Gasteiger partial charge is 0.382 e. The van der Waals surface area contributed by atoms with Gasteiger partial charge in [0.1, 0.15) is 6.10 Å². The topological polar surface area (TPSA) is 46.5 Å². The first-order valence-corrected chi connectivity index (χ1v) is 8.38. The third-order valence-corrected chi connectivity index (χ3v) is 6.08. The van der Waals surface area contributed by atoms with Crippen molar-refractivity contribution < 1.29 is 14.6 Å². The van der Waals surface area contributed by atoms with Crippen LogP contribution in [0.2, 0.25) is 0 Å². The van der Waals surface area contributed by atoms with Crippen LogP contribution in [-0.4, -0.2) is 28.7 Å². The summed E-state index contributed by atoms with van der Waals surface area (Å²) in [7, 11) is 0. The molecule has 2 aliphatic carbocycles. The molecule has 0 aromatic heterocycles.